The minimum Gasteiger partial charge on any atom is -0.382 e. The fourth-order valence-electron chi connectivity index (χ4n) is 3.17. The number of fused-ring (bicyclic) bond motifs is 1. The molecule has 0 amide bonds. The Labute approximate surface area is 175 Å². The van der Waals surface area contributed by atoms with Gasteiger partial charge in [-0.2, -0.15) is 10.4 Å². The highest BCUT2D eigenvalue weighted by Gasteiger charge is 2.22. The Bertz CT molecular complexity index is 1370. The summed E-state index contributed by atoms with van der Waals surface area (Å²) in [7, 11) is 0. The zero-order chi connectivity index (χ0) is 21.4. The Morgan fingerprint density at radius 3 is 2.87 bits per heavy atom. The Morgan fingerprint density at radius 2 is 2.17 bits per heavy atom. The van der Waals surface area contributed by atoms with Crippen molar-refractivity contribution in [2.75, 3.05) is 11.1 Å². The van der Waals surface area contributed by atoms with E-state index in [9.17, 15) is 10.1 Å². The molecule has 11 heteroatoms. The van der Waals surface area contributed by atoms with Gasteiger partial charge in [-0.25, -0.2) is 19.5 Å². The normalized spacial score (nSPS) is 11.9. The third-order valence-electron chi connectivity index (χ3n) is 4.63. The number of nitriles is 1. The number of hydrogen-bond acceptors (Lipinski definition) is 8. The lowest BCUT2D eigenvalue weighted by Gasteiger charge is -2.20. The van der Waals surface area contributed by atoms with Crippen LogP contribution in [-0.4, -0.2) is 29.7 Å². The summed E-state index contributed by atoms with van der Waals surface area (Å²) >= 11 is 6.29. The molecule has 4 aromatic rings. The van der Waals surface area contributed by atoms with Crippen LogP contribution in [0.25, 0.3) is 16.7 Å². The molecule has 10 nitrogen and oxygen atoms in total. The Morgan fingerprint density at radius 1 is 1.37 bits per heavy atom. The standard InChI is InChI=1S/C19H16ClN9O/c1-9-7-25-28-17(9)29-18(27-13-5-3-4-12(20)14(13)19(29)30)10(2)26-16-11(6-21)15(22)23-8-24-16/h3-5,7-8,10H,1-2H3,(H,25,28)(H3,22,23,24,26). The second-order valence-corrected chi connectivity index (χ2v) is 7.01. The fraction of sp³-hybridized carbons (Fsp3) is 0.158. The predicted molar refractivity (Wildman–Crippen MR) is 112 cm³/mol. The van der Waals surface area contributed by atoms with Crippen LogP contribution in [0, 0.1) is 18.3 Å². The number of anilines is 2. The number of H-pyrrole nitrogens is 1. The van der Waals surface area contributed by atoms with Crippen molar-refractivity contribution in [1.82, 2.24) is 29.7 Å². The van der Waals surface area contributed by atoms with E-state index in [1.54, 1.807) is 31.3 Å². The van der Waals surface area contributed by atoms with E-state index in [0.29, 0.717) is 27.6 Å². The molecule has 30 heavy (non-hydrogen) atoms. The first-order valence-electron chi connectivity index (χ1n) is 8.91. The summed E-state index contributed by atoms with van der Waals surface area (Å²) in [5.41, 5.74) is 6.75. The molecule has 4 rings (SSSR count). The Hall–Kier alpha value is -3.97. The average molecular weight is 422 g/mol. The molecule has 1 aromatic carbocycles. The maximum absolute atomic E-state index is 13.4. The number of aryl methyl sites for hydroxylation is 1. The summed E-state index contributed by atoms with van der Waals surface area (Å²) in [4.78, 5) is 26.0. The van der Waals surface area contributed by atoms with Crippen molar-refractivity contribution < 1.29 is 0 Å². The molecule has 1 unspecified atom stereocenters. The van der Waals surface area contributed by atoms with Gasteiger partial charge in [0.05, 0.1) is 28.2 Å². The van der Waals surface area contributed by atoms with Crippen molar-refractivity contribution >= 4 is 34.1 Å². The third-order valence-corrected chi connectivity index (χ3v) is 4.94. The first kappa shape index (κ1) is 19.4. The molecule has 0 bridgehead atoms. The van der Waals surface area contributed by atoms with Crippen LogP contribution >= 0.6 is 11.6 Å². The van der Waals surface area contributed by atoms with Crippen LogP contribution < -0.4 is 16.6 Å². The Balaban J connectivity index is 1.94. The largest absolute Gasteiger partial charge is 0.382 e. The number of rotatable bonds is 4. The highest BCUT2D eigenvalue weighted by molar-refractivity contribution is 6.35. The highest BCUT2D eigenvalue weighted by atomic mass is 35.5. The van der Waals surface area contributed by atoms with E-state index >= 15 is 0 Å². The second-order valence-electron chi connectivity index (χ2n) is 6.61. The summed E-state index contributed by atoms with van der Waals surface area (Å²) < 4.78 is 1.42. The molecule has 0 saturated heterocycles. The molecule has 0 radical (unpaired) electrons. The van der Waals surface area contributed by atoms with Gasteiger partial charge in [0.25, 0.3) is 5.56 Å². The molecule has 0 aliphatic heterocycles. The first-order valence-corrected chi connectivity index (χ1v) is 9.28. The first-order chi connectivity index (χ1) is 14.4. The van der Waals surface area contributed by atoms with Gasteiger partial charge in [-0.1, -0.05) is 17.7 Å². The number of hydrogen-bond donors (Lipinski definition) is 3. The van der Waals surface area contributed by atoms with Gasteiger partial charge >= 0.3 is 0 Å². The summed E-state index contributed by atoms with van der Waals surface area (Å²) in [6.45, 7) is 3.61. The molecule has 0 saturated carbocycles. The number of benzene rings is 1. The monoisotopic (exact) mass is 421 g/mol. The molecular weight excluding hydrogens is 406 g/mol. The zero-order valence-electron chi connectivity index (χ0n) is 16.0. The van der Waals surface area contributed by atoms with Gasteiger partial charge in [-0.15, -0.1) is 0 Å². The van der Waals surface area contributed by atoms with E-state index in [4.69, 9.17) is 17.3 Å². The number of nitrogen functional groups attached to an aromatic ring is 1. The quantitative estimate of drug-likeness (QED) is 0.454. The van der Waals surface area contributed by atoms with Crippen molar-refractivity contribution in [3.8, 4) is 11.9 Å². The van der Waals surface area contributed by atoms with E-state index < -0.39 is 6.04 Å². The highest BCUT2D eigenvalue weighted by Crippen LogP contribution is 2.26. The average Bonchev–Trinajstić information content (AvgIpc) is 3.13. The topological polar surface area (TPSA) is 151 Å². The molecule has 0 fully saturated rings. The van der Waals surface area contributed by atoms with E-state index in [1.165, 1.54) is 10.9 Å². The predicted octanol–water partition coefficient (Wildman–Crippen LogP) is 2.49. The molecule has 0 aliphatic rings. The Kier molecular flexibility index (Phi) is 4.81. The van der Waals surface area contributed by atoms with E-state index in [0.717, 1.165) is 5.56 Å². The number of aromatic amines is 1. The van der Waals surface area contributed by atoms with Crippen molar-refractivity contribution in [3.63, 3.8) is 0 Å². The van der Waals surface area contributed by atoms with Gasteiger partial charge in [-0.05, 0) is 26.0 Å². The maximum atomic E-state index is 13.4. The maximum Gasteiger partial charge on any atom is 0.268 e. The summed E-state index contributed by atoms with van der Waals surface area (Å²) in [6, 6.07) is 6.53. The van der Waals surface area contributed by atoms with Crippen LogP contribution in [-0.2, 0) is 0 Å². The molecule has 150 valence electrons. The van der Waals surface area contributed by atoms with E-state index in [1.807, 2.05) is 13.0 Å². The zero-order valence-corrected chi connectivity index (χ0v) is 16.8. The van der Waals surface area contributed by atoms with Crippen molar-refractivity contribution in [2.24, 2.45) is 0 Å². The lowest BCUT2D eigenvalue weighted by molar-refractivity contribution is 0.717. The molecule has 4 N–H and O–H groups in total. The van der Waals surface area contributed by atoms with Gasteiger partial charge in [0.15, 0.2) is 0 Å². The van der Waals surface area contributed by atoms with E-state index in [-0.39, 0.29) is 22.8 Å². The lowest BCUT2D eigenvalue weighted by Crippen LogP contribution is -2.28. The number of nitrogens with one attached hydrogen (secondary N) is 2. The number of nitrogens with two attached hydrogens (primary N) is 1. The van der Waals surface area contributed by atoms with Crippen molar-refractivity contribution in [1.29, 1.82) is 5.26 Å². The van der Waals surface area contributed by atoms with E-state index in [2.05, 4.69) is 30.5 Å². The lowest BCUT2D eigenvalue weighted by atomic mass is 10.2. The summed E-state index contributed by atoms with van der Waals surface area (Å²) in [5, 5.41) is 20.0. The second kappa shape index (κ2) is 7.46. The fourth-order valence-corrected chi connectivity index (χ4v) is 3.42. The smallest absolute Gasteiger partial charge is 0.268 e. The van der Waals surface area contributed by atoms with Crippen molar-refractivity contribution in [2.45, 2.75) is 19.9 Å². The minimum atomic E-state index is -0.537. The summed E-state index contributed by atoms with van der Waals surface area (Å²) in [6.07, 6.45) is 2.87. The summed E-state index contributed by atoms with van der Waals surface area (Å²) in [5.74, 6) is 1.15. The molecule has 1 atom stereocenters. The van der Waals surface area contributed by atoms with Crippen LogP contribution in [0.3, 0.4) is 0 Å². The van der Waals surface area contributed by atoms with Crippen LogP contribution in [0.15, 0.2) is 35.5 Å². The number of halogens is 1. The van der Waals surface area contributed by atoms with Crippen LogP contribution in [0.4, 0.5) is 11.6 Å². The van der Waals surface area contributed by atoms with Crippen LogP contribution in [0.1, 0.15) is 29.9 Å². The molecule has 0 spiro atoms. The van der Waals surface area contributed by atoms with Gasteiger partial charge < -0.3 is 11.1 Å². The third kappa shape index (κ3) is 3.11. The van der Waals surface area contributed by atoms with Crippen LogP contribution in [0.2, 0.25) is 5.02 Å². The minimum absolute atomic E-state index is 0.0576. The van der Waals surface area contributed by atoms with Crippen molar-refractivity contribution in [3.05, 3.63) is 63.1 Å². The van der Waals surface area contributed by atoms with Gasteiger partial charge in [0.1, 0.15) is 41.2 Å². The van der Waals surface area contributed by atoms with Gasteiger partial charge in [-0.3, -0.25) is 9.89 Å². The SMILES string of the molecule is Cc1cn[nH]c1-n1c(C(C)Nc2ncnc(N)c2C#N)nc2cccc(Cl)c2c1=O. The molecule has 0 aliphatic carbocycles. The number of nitrogens with zero attached hydrogens (tertiary/aromatic N) is 6. The molecule has 3 heterocycles. The number of aromatic nitrogens is 6. The van der Waals surface area contributed by atoms with Gasteiger partial charge in [0.2, 0.25) is 0 Å². The molecule has 3 aromatic heterocycles. The molecular formula is C19H16ClN9O. The van der Waals surface area contributed by atoms with Crippen LogP contribution in [0.5, 0.6) is 0 Å². The van der Waals surface area contributed by atoms with Gasteiger partial charge in [0, 0.05) is 5.56 Å².